The van der Waals surface area contributed by atoms with Crippen LogP contribution in [0.3, 0.4) is 0 Å². The van der Waals surface area contributed by atoms with Crippen molar-refractivity contribution < 1.29 is 14.9 Å². The number of aromatic amines is 1. The van der Waals surface area contributed by atoms with Gasteiger partial charge in [0.1, 0.15) is 5.75 Å². The summed E-state index contributed by atoms with van der Waals surface area (Å²) < 4.78 is 0. The fraction of sp³-hybridized carbons (Fsp3) is 0.182. The maximum Gasteiger partial charge on any atom is 0.248 e. The number of phenolic OH excluding ortho intramolecular Hbond substituents is 1. The zero-order valence-electron chi connectivity index (χ0n) is 8.88. The molecular formula is C11H13FN2O3. The zero-order chi connectivity index (χ0) is 11.7. The van der Waals surface area contributed by atoms with Crippen LogP contribution >= 0.6 is 0 Å². The predicted molar refractivity (Wildman–Crippen MR) is 62.8 cm³/mol. The van der Waals surface area contributed by atoms with Gasteiger partial charge in [-0.25, -0.2) is 0 Å². The Kier molecular flexibility index (Phi) is 3.82. The fourth-order valence-electron chi connectivity index (χ4n) is 1.68. The summed E-state index contributed by atoms with van der Waals surface area (Å²) in [5.74, 6) is -0.0272. The molecule has 0 unspecified atom stereocenters. The molecule has 1 atom stereocenters. The minimum absolute atomic E-state index is 0. The molecule has 0 saturated heterocycles. The van der Waals surface area contributed by atoms with E-state index in [4.69, 9.17) is 5.73 Å². The number of halogens is 1. The van der Waals surface area contributed by atoms with Crippen molar-refractivity contribution in [2.24, 2.45) is 5.73 Å². The molecule has 0 bridgehead atoms. The van der Waals surface area contributed by atoms with E-state index in [-0.39, 0.29) is 22.6 Å². The van der Waals surface area contributed by atoms with Crippen molar-refractivity contribution >= 4 is 10.9 Å². The van der Waals surface area contributed by atoms with Crippen LogP contribution in [-0.2, 0) is 0 Å². The molecule has 0 aliphatic carbocycles. The molecule has 17 heavy (non-hydrogen) atoms. The molecule has 1 heterocycles. The average molecular weight is 240 g/mol. The number of pyridine rings is 1. The number of nitrogens with two attached hydrogens (primary N) is 1. The van der Waals surface area contributed by atoms with Crippen molar-refractivity contribution in [3.63, 3.8) is 0 Å². The van der Waals surface area contributed by atoms with Crippen LogP contribution in [0.1, 0.15) is 11.7 Å². The molecule has 0 saturated carbocycles. The smallest absolute Gasteiger partial charge is 0.248 e. The van der Waals surface area contributed by atoms with E-state index in [1.54, 1.807) is 12.1 Å². The third-order valence-electron chi connectivity index (χ3n) is 2.49. The summed E-state index contributed by atoms with van der Waals surface area (Å²) in [6.45, 7) is 0.0823. The standard InChI is InChI=1S/C11H12N2O3.FH/c12-5-9(15)6-1-3-8(14)11-7(6)2-4-10(16)13-11;/h1-4,9,14-15H,5,12H2,(H,13,16);1H/t9-;/m0./s1. The van der Waals surface area contributed by atoms with Gasteiger partial charge < -0.3 is 20.9 Å². The van der Waals surface area contributed by atoms with Gasteiger partial charge in [-0.3, -0.25) is 9.50 Å². The minimum Gasteiger partial charge on any atom is -0.506 e. The average Bonchev–Trinajstić information content (AvgIpc) is 2.29. The zero-order valence-corrected chi connectivity index (χ0v) is 8.88. The lowest BCUT2D eigenvalue weighted by Gasteiger charge is -2.12. The van der Waals surface area contributed by atoms with Crippen molar-refractivity contribution in [3.8, 4) is 5.75 Å². The molecule has 2 aromatic rings. The number of aromatic hydroxyl groups is 1. The van der Waals surface area contributed by atoms with Gasteiger partial charge in [0.2, 0.25) is 5.56 Å². The Bertz CT molecular complexity index is 582. The largest absolute Gasteiger partial charge is 0.506 e. The monoisotopic (exact) mass is 240 g/mol. The summed E-state index contributed by atoms with van der Waals surface area (Å²) in [7, 11) is 0. The van der Waals surface area contributed by atoms with Gasteiger partial charge in [0.15, 0.2) is 0 Å². The first-order chi connectivity index (χ1) is 7.63. The Morgan fingerprint density at radius 2 is 2.00 bits per heavy atom. The second-order valence-electron chi connectivity index (χ2n) is 3.54. The molecule has 0 aliphatic rings. The predicted octanol–water partition coefficient (Wildman–Crippen LogP) is 0.378. The molecule has 5 nitrogen and oxygen atoms in total. The highest BCUT2D eigenvalue weighted by molar-refractivity contribution is 5.87. The highest BCUT2D eigenvalue weighted by Gasteiger charge is 2.12. The quantitative estimate of drug-likeness (QED) is 0.609. The molecule has 1 aromatic carbocycles. The van der Waals surface area contributed by atoms with Crippen molar-refractivity contribution in [1.29, 1.82) is 0 Å². The number of aromatic nitrogens is 1. The summed E-state index contributed by atoms with van der Waals surface area (Å²) in [5, 5.41) is 19.9. The summed E-state index contributed by atoms with van der Waals surface area (Å²) in [6.07, 6.45) is -0.811. The van der Waals surface area contributed by atoms with E-state index in [1.807, 2.05) is 0 Å². The summed E-state index contributed by atoms with van der Waals surface area (Å²) in [4.78, 5) is 13.7. The minimum atomic E-state index is -0.811. The molecular weight excluding hydrogens is 227 g/mol. The van der Waals surface area contributed by atoms with E-state index in [1.165, 1.54) is 12.1 Å². The van der Waals surface area contributed by atoms with Crippen LogP contribution in [-0.4, -0.2) is 21.7 Å². The number of hydrogen-bond acceptors (Lipinski definition) is 4. The number of phenols is 1. The molecule has 0 aliphatic heterocycles. The first kappa shape index (κ1) is 13.1. The van der Waals surface area contributed by atoms with E-state index >= 15 is 0 Å². The maximum absolute atomic E-state index is 11.1. The van der Waals surface area contributed by atoms with E-state index in [0.717, 1.165) is 0 Å². The lowest BCUT2D eigenvalue weighted by atomic mass is 10.0. The molecule has 0 radical (unpaired) electrons. The number of hydrogen-bond donors (Lipinski definition) is 4. The molecule has 92 valence electrons. The van der Waals surface area contributed by atoms with Crippen LogP contribution in [0.15, 0.2) is 29.1 Å². The highest BCUT2D eigenvalue weighted by atomic mass is 19.0. The third kappa shape index (κ3) is 2.27. The third-order valence-corrected chi connectivity index (χ3v) is 2.49. The van der Waals surface area contributed by atoms with Crippen LogP contribution in [0.25, 0.3) is 10.9 Å². The fourth-order valence-corrected chi connectivity index (χ4v) is 1.68. The van der Waals surface area contributed by atoms with Gasteiger partial charge in [0, 0.05) is 18.0 Å². The van der Waals surface area contributed by atoms with Gasteiger partial charge in [-0.2, -0.15) is 0 Å². The van der Waals surface area contributed by atoms with Gasteiger partial charge in [0.25, 0.3) is 0 Å². The Balaban J connectivity index is 0.00000144. The number of H-pyrrole nitrogens is 1. The van der Waals surface area contributed by atoms with Gasteiger partial charge in [0.05, 0.1) is 11.6 Å². The van der Waals surface area contributed by atoms with Crippen molar-refractivity contribution in [1.82, 2.24) is 4.98 Å². The lowest BCUT2D eigenvalue weighted by molar-refractivity contribution is 0.188. The van der Waals surface area contributed by atoms with Crippen LogP contribution in [0.4, 0.5) is 4.70 Å². The Morgan fingerprint density at radius 3 is 2.65 bits per heavy atom. The topological polar surface area (TPSA) is 99.3 Å². The molecule has 0 amide bonds. The van der Waals surface area contributed by atoms with Gasteiger partial charge in [-0.15, -0.1) is 0 Å². The molecule has 5 N–H and O–H groups in total. The van der Waals surface area contributed by atoms with E-state index in [9.17, 15) is 15.0 Å². The molecule has 0 spiro atoms. The van der Waals surface area contributed by atoms with E-state index in [2.05, 4.69) is 4.98 Å². The Labute approximate surface area is 95.9 Å². The van der Waals surface area contributed by atoms with Crippen LogP contribution in [0, 0.1) is 0 Å². The van der Waals surface area contributed by atoms with Gasteiger partial charge >= 0.3 is 0 Å². The summed E-state index contributed by atoms with van der Waals surface area (Å²) in [6, 6.07) is 5.91. The first-order valence-electron chi connectivity index (χ1n) is 4.86. The van der Waals surface area contributed by atoms with E-state index in [0.29, 0.717) is 16.5 Å². The molecule has 6 heteroatoms. The van der Waals surface area contributed by atoms with E-state index < -0.39 is 6.10 Å². The first-order valence-corrected chi connectivity index (χ1v) is 4.86. The SMILES string of the molecule is F.NC[C@H](O)c1ccc(O)c2[nH]c(=O)ccc12. The second kappa shape index (κ2) is 4.94. The number of benzene rings is 1. The molecule has 2 rings (SSSR count). The maximum atomic E-state index is 11.1. The molecule has 0 fully saturated rings. The van der Waals surface area contributed by atoms with Gasteiger partial charge in [-0.1, -0.05) is 6.07 Å². The summed E-state index contributed by atoms with van der Waals surface area (Å²) in [5.41, 5.74) is 5.98. The van der Waals surface area contributed by atoms with Gasteiger partial charge in [-0.05, 0) is 17.7 Å². The van der Waals surface area contributed by atoms with Crippen molar-refractivity contribution in [3.05, 3.63) is 40.2 Å². The van der Waals surface area contributed by atoms with Crippen LogP contribution in [0.5, 0.6) is 5.75 Å². The number of nitrogens with one attached hydrogen (secondary N) is 1. The number of fused-ring (bicyclic) bond motifs is 1. The Morgan fingerprint density at radius 1 is 1.29 bits per heavy atom. The number of aliphatic hydroxyl groups excluding tert-OH is 1. The van der Waals surface area contributed by atoms with Crippen LogP contribution < -0.4 is 11.3 Å². The Hall–Kier alpha value is -1.92. The second-order valence-corrected chi connectivity index (χ2v) is 3.54. The van der Waals surface area contributed by atoms with Crippen molar-refractivity contribution in [2.75, 3.05) is 6.54 Å². The number of aliphatic hydroxyl groups is 1. The normalized spacial score (nSPS) is 12.1. The van der Waals surface area contributed by atoms with Crippen molar-refractivity contribution in [2.45, 2.75) is 6.10 Å². The molecule has 1 aromatic heterocycles. The highest BCUT2D eigenvalue weighted by Crippen LogP contribution is 2.28. The number of rotatable bonds is 2. The van der Waals surface area contributed by atoms with Crippen LogP contribution in [0.2, 0.25) is 0 Å². The lowest BCUT2D eigenvalue weighted by Crippen LogP contribution is -2.12. The summed E-state index contributed by atoms with van der Waals surface area (Å²) >= 11 is 0.